The molecule has 1 unspecified atom stereocenters. The van der Waals surface area contributed by atoms with Crippen LogP contribution >= 0.6 is 11.5 Å². The van der Waals surface area contributed by atoms with E-state index in [4.69, 9.17) is 5.73 Å². The van der Waals surface area contributed by atoms with E-state index in [9.17, 15) is 0 Å². The molecule has 100 valence electrons. The van der Waals surface area contributed by atoms with E-state index in [-0.39, 0.29) is 6.04 Å². The number of hydrogen-bond acceptors (Lipinski definition) is 4. The topological polar surface area (TPSA) is 51.8 Å². The monoisotopic (exact) mass is 273 g/mol. The SMILES string of the molecule is CCc1nnsc1C(N)c1ccc(C2CCC2)cc1. The Hall–Kier alpha value is -1.26. The molecule has 0 amide bonds. The Morgan fingerprint density at radius 2 is 2.05 bits per heavy atom. The first-order valence-corrected chi connectivity index (χ1v) is 7.73. The average molecular weight is 273 g/mol. The minimum atomic E-state index is -0.0922. The fourth-order valence-corrected chi connectivity index (χ4v) is 3.33. The first-order chi connectivity index (χ1) is 9.29. The summed E-state index contributed by atoms with van der Waals surface area (Å²) in [6.07, 6.45) is 4.94. The van der Waals surface area contributed by atoms with E-state index < -0.39 is 0 Å². The highest BCUT2D eigenvalue weighted by Crippen LogP contribution is 2.36. The maximum atomic E-state index is 6.34. The Balaban J connectivity index is 1.81. The molecule has 19 heavy (non-hydrogen) atoms. The number of nitrogens with zero attached hydrogens (tertiary/aromatic N) is 2. The lowest BCUT2D eigenvalue weighted by Gasteiger charge is -2.26. The van der Waals surface area contributed by atoms with Crippen LogP contribution in [-0.2, 0) is 6.42 Å². The van der Waals surface area contributed by atoms with E-state index in [0.717, 1.165) is 28.5 Å². The number of aryl methyl sites for hydroxylation is 1. The van der Waals surface area contributed by atoms with Crippen LogP contribution in [0.3, 0.4) is 0 Å². The summed E-state index contributed by atoms with van der Waals surface area (Å²) >= 11 is 1.42. The average Bonchev–Trinajstić information content (AvgIpc) is 2.85. The molecule has 1 fully saturated rings. The van der Waals surface area contributed by atoms with Gasteiger partial charge in [-0.3, -0.25) is 0 Å². The standard InChI is InChI=1S/C15H19N3S/c1-2-13-15(19-18-17-13)14(16)12-8-6-11(7-9-12)10-4-3-5-10/h6-10,14H,2-5,16H2,1H3. The summed E-state index contributed by atoms with van der Waals surface area (Å²) in [5, 5.41) is 4.14. The summed E-state index contributed by atoms with van der Waals surface area (Å²) in [5.41, 5.74) is 9.98. The molecule has 4 heteroatoms. The minimum Gasteiger partial charge on any atom is -0.320 e. The predicted molar refractivity (Wildman–Crippen MR) is 78.4 cm³/mol. The van der Waals surface area contributed by atoms with Crippen molar-refractivity contribution in [2.24, 2.45) is 5.73 Å². The third-order valence-electron chi connectivity index (χ3n) is 4.07. The lowest BCUT2D eigenvalue weighted by Crippen LogP contribution is -2.13. The van der Waals surface area contributed by atoms with Crippen molar-refractivity contribution in [1.82, 2.24) is 9.59 Å². The molecule has 1 aliphatic carbocycles. The highest BCUT2D eigenvalue weighted by Gasteiger charge is 2.20. The van der Waals surface area contributed by atoms with E-state index in [1.165, 1.54) is 36.4 Å². The zero-order valence-electron chi connectivity index (χ0n) is 11.2. The second kappa shape index (κ2) is 5.39. The second-order valence-electron chi connectivity index (χ2n) is 5.21. The molecule has 1 saturated carbocycles. The van der Waals surface area contributed by atoms with Gasteiger partial charge in [-0.1, -0.05) is 42.1 Å². The van der Waals surface area contributed by atoms with Gasteiger partial charge in [0.1, 0.15) is 0 Å². The Morgan fingerprint density at radius 3 is 2.63 bits per heavy atom. The van der Waals surface area contributed by atoms with Gasteiger partial charge in [-0.05, 0) is 47.8 Å². The summed E-state index contributed by atoms with van der Waals surface area (Å²) in [6, 6.07) is 8.71. The van der Waals surface area contributed by atoms with Crippen LogP contribution in [-0.4, -0.2) is 9.59 Å². The third-order valence-corrected chi connectivity index (χ3v) is 4.92. The van der Waals surface area contributed by atoms with Crippen molar-refractivity contribution in [1.29, 1.82) is 0 Å². The van der Waals surface area contributed by atoms with E-state index in [1.54, 1.807) is 0 Å². The molecule has 1 aliphatic rings. The Morgan fingerprint density at radius 1 is 1.32 bits per heavy atom. The summed E-state index contributed by atoms with van der Waals surface area (Å²) in [7, 11) is 0. The van der Waals surface area contributed by atoms with Crippen molar-refractivity contribution in [2.45, 2.75) is 44.6 Å². The van der Waals surface area contributed by atoms with Crippen molar-refractivity contribution >= 4 is 11.5 Å². The summed E-state index contributed by atoms with van der Waals surface area (Å²) < 4.78 is 4.02. The van der Waals surface area contributed by atoms with Gasteiger partial charge < -0.3 is 5.73 Å². The fraction of sp³-hybridized carbons (Fsp3) is 0.467. The molecular weight excluding hydrogens is 254 g/mol. The molecule has 1 aromatic carbocycles. The molecule has 1 atom stereocenters. The van der Waals surface area contributed by atoms with Crippen LogP contribution in [0.5, 0.6) is 0 Å². The molecule has 0 spiro atoms. The number of rotatable bonds is 4. The maximum Gasteiger partial charge on any atom is 0.0804 e. The molecule has 1 heterocycles. The van der Waals surface area contributed by atoms with Crippen LogP contribution in [0.4, 0.5) is 0 Å². The van der Waals surface area contributed by atoms with Crippen LogP contribution < -0.4 is 5.73 Å². The Bertz CT molecular complexity index is 543. The highest BCUT2D eigenvalue weighted by molar-refractivity contribution is 7.05. The smallest absolute Gasteiger partial charge is 0.0804 e. The van der Waals surface area contributed by atoms with Gasteiger partial charge in [0.2, 0.25) is 0 Å². The van der Waals surface area contributed by atoms with E-state index in [2.05, 4.69) is 40.8 Å². The molecule has 3 nitrogen and oxygen atoms in total. The van der Waals surface area contributed by atoms with Crippen LogP contribution in [0.25, 0.3) is 0 Å². The Kier molecular flexibility index (Phi) is 3.62. The van der Waals surface area contributed by atoms with Gasteiger partial charge in [-0.2, -0.15) is 0 Å². The highest BCUT2D eigenvalue weighted by atomic mass is 32.1. The van der Waals surface area contributed by atoms with Crippen LogP contribution in [0, 0.1) is 0 Å². The molecule has 2 aromatic rings. The van der Waals surface area contributed by atoms with Crippen LogP contribution in [0.15, 0.2) is 24.3 Å². The van der Waals surface area contributed by atoms with Crippen molar-refractivity contribution in [3.8, 4) is 0 Å². The van der Waals surface area contributed by atoms with Gasteiger partial charge in [-0.25, -0.2) is 0 Å². The summed E-state index contributed by atoms with van der Waals surface area (Å²) in [5.74, 6) is 0.779. The van der Waals surface area contributed by atoms with Crippen LogP contribution in [0.1, 0.15) is 59.8 Å². The van der Waals surface area contributed by atoms with Gasteiger partial charge in [0.05, 0.1) is 16.6 Å². The van der Waals surface area contributed by atoms with Crippen molar-refractivity contribution in [2.75, 3.05) is 0 Å². The molecule has 1 aromatic heterocycles. The number of nitrogens with two attached hydrogens (primary N) is 1. The summed E-state index contributed by atoms with van der Waals surface area (Å²) in [6.45, 7) is 2.09. The molecule has 0 radical (unpaired) electrons. The van der Waals surface area contributed by atoms with Gasteiger partial charge in [0, 0.05) is 0 Å². The number of hydrogen-bond donors (Lipinski definition) is 1. The molecule has 0 bridgehead atoms. The van der Waals surface area contributed by atoms with E-state index in [0.29, 0.717) is 0 Å². The van der Waals surface area contributed by atoms with Gasteiger partial charge in [0.25, 0.3) is 0 Å². The molecular formula is C15H19N3S. The van der Waals surface area contributed by atoms with Crippen molar-refractivity contribution in [3.05, 3.63) is 46.0 Å². The van der Waals surface area contributed by atoms with Crippen molar-refractivity contribution < 1.29 is 0 Å². The number of aromatic nitrogens is 2. The zero-order valence-corrected chi connectivity index (χ0v) is 12.0. The lowest BCUT2D eigenvalue weighted by molar-refractivity contribution is 0.419. The van der Waals surface area contributed by atoms with Crippen molar-refractivity contribution in [3.63, 3.8) is 0 Å². The zero-order chi connectivity index (χ0) is 13.2. The van der Waals surface area contributed by atoms with Gasteiger partial charge in [-0.15, -0.1) is 5.10 Å². The quantitative estimate of drug-likeness (QED) is 0.928. The maximum absolute atomic E-state index is 6.34. The summed E-state index contributed by atoms with van der Waals surface area (Å²) in [4.78, 5) is 1.10. The normalized spacial score (nSPS) is 17.2. The predicted octanol–water partition coefficient (Wildman–Crippen LogP) is 3.42. The molecule has 0 saturated heterocycles. The molecule has 3 rings (SSSR count). The van der Waals surface area contributed by atoms with Crippen LogP contribution in [0.2, 0.25) is 0 Å². The lowest BCUT2D eigenvalue weighted by atomic mass is 9.80. The minimum absolute atomic E-state index is 0.0922. The van der Waals surface area contributed by atoms with E-state index >= 15 is 0 Å². The first-order valence-electron chi connectivity index (χ1n) is 6.96. The molecule has 2 N–H and O–H groups in total. The second-order valence-corrected chi connectivity index (χ2v) is 6.00. The largest absolute Gasteiger partial charge is 0.320 e. The number of benzene rings is 1. The third kappa shape index (κ3) is 2.42. The Labute approximate surface area is 118 Å². The fourth-order valence-electron chi connectivity index (χ4n) is 2.57. The van der Waals surface area contributed by atoms with Gasteiger partial charge >= 0.3 is 0 Å². The molecule has 0 aliphatic heterocycles. The van der Waals surface area contributed by atoms with Gasteiger partial charge in [0.15, 0.2) is 0 Å². The first kappa shape index (κ1) is 12.8. The van der Waals surface area contributed by atoms with E-state index in [1.807, 2.05) is 0 Å².